The number of rotatable bonds is 2. The molecule has 7 nitrogen and oxygen atoms in total. The molecule has 0 bridgehead atoms. The molecule has 0 spiro atoms. The fraction of sp³-hybridized carbons (Fsp3) is 0.111. The molecular weight excluding hydrogens is 246 g/mol. The van der Waals surface area contributed by atoms with Crippen LogP contribution in [0.25, 0.3) is 11.2 Å². The Balaban J connectivity index is 2.48. The van der Waals surface area contributed by atoms with Gasteiger partial charge in [0.2, 0.25) is 5.28 Å². The lowest BCUT2D eigenvalue weighted by atomic mass is 10.5. The van der Waals surface area contributed by atoms with Crippen LogP contribution in [0, 0.1) is 0 Å². The van der Waals surface area contributed by atoms with Gasteiger partial charge < -0.3 is 10.5 Å². The molecule has 2 aromatic rings. The van der Waals surface area contributed by atoms with E-state index in [0.29, 0.717) is 5.52 Å². The highest BCUT2D eigenvalue weighted by Crippen LogP contribution is 2.18. The number of ether oxygens (including phenoxy) is 1. The van der Waals surface area contributed by atoms with Crippen molar-refractivity contribution in [3.63, 3.8) is 0 Å². The summed E-state index contributed by atoms with van der Waals surface area (Å²) < 4.78 is 5.95. The number of fused-ring (bicyclic) bond motifs is 1. The first-order valence-electron chi connectivity index (χ1n) is 4.57. The second kappa shape index (κ2) is 4.38. The molecule has 0 saturated heterocycles. The summed E-state index contributed by atoms with van der Waals surface area (Å²) in [6.45, 7) is 3.53. The predicted octanol–water partition coefficient (Wildman–Crippen LogP) is 1.23. The Kier molecular flexibility index (Phi) is 2.92. The van der Waals surface area contributed by atoms with Crippen LogP contribution in [0.5, 0.6) is 0 Å². The van der Waals surface area contributed by atoms with E-state index in [1.54, 1.807) is 0 Å². The van der Waals surface area contributed by atoms with Gasteiger partial charge in [0.1, 0.15) is 12.9 Å². The summed E-state index contributed by atoms with van der Waals surface area (Å²) in [6, 6.07) is 0. The Labute approximate surface area is 101 Å². The number of nitrogen functional groups attached to an aromatic ring is 1. The molecular formula is C9H8ClN5O2. The van der Waals surface area contributed by atoms with Gasteiger partial charge in [-0.1, -0.05) is 12.7 Å². The summed E-state index contributed by atoms with van der Waals surface area (Å²) in [5.41, 5.74) is 6.09. The number of carbonyl (C=O) groups excluding carboxylic acids is 1. The van der Waals surface area contributed by atoms with E-state index in [4.69, 9.17) is 22.1 Å². The first-order valence-corrected chi connectivity index (χ1v) is 4.95. The maximum atomic E-state index is 11.6. The minimum Gasteiger partial charge on any atom is -0.445 e. The van der Waals surface area contributed by atoms with Crippen molar-refractivity contribution in [2.45, 2.75) is 0 Å². The summed E-state index contributed by atoms with van der Waals surface area (Å²) in [5, 5.41) is -0.0618. The fourth-order valence-corrected chi connectivity index (χ4v) is 1.40. The zero-order valence-corrected chi connectivity index (χ0v) is 9.39. The Hall–Kier alpha value is -2.15. The zero-order valence-electron chi connectivity index (χ0n) is 8.63. The largest absolute Gasteiger partial charge is 0.445 e. The van der Waals surface area contributed by atoms with Crippen molar-refractivity contribution in [2.75, 3.05) is 12.3 Å². The third-order valence-corrected chi connectivity index (χ3v) is 2.09. The molecule has 17 heavy (non-hydrogen) atoms. The maximum absolute atomic E-state index is 11.6. The van der Waals surface area contributed by atoms with Crippen LogP contribution in [0.15, 0.2) is 19.0 Å². The Morgan fingerprint density at radius 1 is 1.65 bits per heavy atom. The number of halogens is 1. The van der Waals surface area contributed by atoms with Crippen LogP contribution in [0.2, 0.25) is 5.28 Å². The molecule has 0 fully saturated rings. The molecule has 0 saturated carbocycles. The van der Waals surface area contributed by atoms with Gasteiger partial charge in [0.15, 0.2) is 17.0 Å². The average Bonchev–Trinajstić information content (AvgIpc) is 2.69. The minimum absolute atomic E-state index is 0.0618. The molecule has 2 aromatic heterocycles. The number of aromatic nitrogens is 4. The molecule has 0 aliphatic carbocycles. The van der Waals surface area contributed by atoms with Crippen LogP contribution in [0.1, 0.15) is 0 Å². The van der Waals surface area contributed by atoms with E-state index in [-0.39, 0.29) is 23.4 Å². The highest BCUT2D eigenvalue weighted by molar-refractivity contribution is 6.28. The van der Waals surface area contributed by atoms with E-state index >= 15 is 0 Å². The van der Waals surface area contributed by atoms with Crippen LogP contribution in [0.3, 0.4) is 0 Å². The SMILES string of the molecule is C=CCOC(=O)n1cnc2c(N)nc(Cl)nc21. The minimum atomic E-state index is -0.637. The van der Waals surface area contributed by atoms with Gasteiger partial charge in [0.05, 0.1) is 0 Å². The van der Waals surface area contributed by atoms with Crippen LogP contribution in [-0.2, 0) is 4.74 Å². The van der Waals surface area contributed by atoms with Crippen LogP contribution in [-0.4, -0.2) is 32.2 Å². The number of hydrogen-bond acceptors (Lipinski definition) is 6. The first-order chi connectivity index (χ1) is 8.13. The van der Waals surface area contributed by atoms with E-state index in [9.17, 15) is 4.79 Å². The molecule has 0 atom stereocenters. The maximum Gasteiger partial charge on any atom is 0.421 e. The summed E-state index contributed by atoms with van der Waals surface area (Å²) in [4.78, 5) is 23.1. The number of hydrogen-bond donors (Lipinski definition) is 1. The van der Waals surface area contributed by atoms with Crippen molar-refractivity contribution >= 4 is 34.7 Å². The summed E-state index contributed by atoms with van der Waals surface area (Å²) >= 11 is 5.65. The van der Waals surface area contributed by atoms with E-state index in [1.165, 1.54) is 12.4 Å². The van der Waals surface area contributed by atoms with Crippen molar-refractivity contribution < 1.29 is 9.53 Å². The Morgan fingerprint density at radius 3 is 3.12 bits per heavy atom. The Bertz CT molecular complexity index is 594. The standard InChI is InChI=1S/C9H8ClN5O2/c1-2-3-17-9(16)15-4-12-5-6(11)13-8(10)14-7(5)15/h2,4H,1,3H2,(H2,11,13,14). The number of anilines is 1. The topological polar surface area (TPSA) is 95.9 Å². The van der Waals surface area contributed by atoms with E-state index in [0.717, 1.165) is 4.57 Å². The molecule has 0 unspecified atom stereocenters. The summed E-state index contributed by atoms with van der Waals surface area (Å²) in [5.74, 6) is 0.107. The molecule has 8 heteroatoms. The normalized spacial score (nSPS) is 10.4. The molecule has 2 N–H and O–H groups in total. The number of imidazole rings is 1. The molecule has 0 radical (unpaired) electrons. The van der Waals surface area contributed by atoms with Gasteiger partial charge >= 0.3 is 6.09 Å². The van der Waals surface area contributed by atoms with Crippen molar-refractivity contribution in [1.82, 2.24) is 19.5 Å². The average molecular weight is 254 g/mol. The second-order valence-corrected chi connectivity index (χ2v) is 3.37. The van der Waals surface area contributed by atoms with Crippen molar-refractivity contribution in [2.24, 2.45) is 0 Å². The van der Waals surface area contributed by atoms with Crippen LogP contribution < -0.4 is 5.73 Å². The van der Waals surface area contributed by atoms with Gasteiger partial charge in [-0.2, -0.15) is 9.97 Å². The van der Waals surface area contributed by atoms with Gasteiger partial charge in [-0.15, -0.1) is 0 Å². The third kappa shape index (κ3) is 2.04. The smallest absolute Gasteiger partial charge is 0.421 e. The van der Waals surface area contributed by atoms with E-state index in [2.05, 4.69) is 21.5 Å². The molecule has 2 rings (SSSR count). The van der Waals surface area contributed by atoms with Gasteiger partial charge in [0.25, 0.3) is 0 Å². The van der Waals surface area contributed by atoms with Gasteiger partial charge in [-0.3, -0.25) is 0 Å². The molecule has 2 heterocycles. The first kappa shape index (κ1) is 11.3. The van der Waals surface area contributed by atoms with Crippen molar-refractivity contribution in [1.29, 1.82) is 0 Å². The summed E-state index contributed by atoms with van der Waals surface area (Å²) in [6.07, 6.45) is 2.06. The molecule has 0 aromatic carbocycles. The highest BCUT2D eigenvalue weighted by atomic mass is 35.5. The Morgan fingerprint density at radius 2 is 2.41 bits per heavy atom. The van der Waals surface area contributed by atoms with Crippen molar-refractivity contribution in [3.05, 3.63) is 24.3 Å². The number of nitrogens with two attached hydrogens (primary N) is 1. The van der Waals surface area contributed by atoms with Crippen molar-refractivity contribution in [3.8, 4) is 0 Å². The molecule has 0 amide bonds. The second-order valence-electron chi connectivity index (χ2n) is 3.03. The lowest BCUT2D eigenvalue weighted by molar-refractivity contribution is 0.161. The zero-order chi connectivity index (χ0) is 12.4. The lowest BCUT2D eigenvalue weighted by Gasteiger charge is -2.02. The van der Waals surface area contributed by atoms with Gasteiger partial charge in [0, 0.05) is 0 Å². The monoisotopic (exact) mass is 253 g/mol. The molecule has 88 valence electrons. The van der Waals surface area contributed by atoms with E-state index in [1.807, 2.05) is 0 Å². The molecule has 0 aliphatic heterocycles. The quantitative estimate of drug-likeness (QED) is 0.639. The highest BCUT2D eigenvalue weighted by Gasteiger charge is 2.15. The van der Waals surface area contributed by atoms with Crippen LogP contribution in [0.4, 0.5) is 10.6 Å². The number of nitrogens with zero attached hydrogens (tertiary/aromatic N) is 4. The molecule has 0 aliphatic rings. The lowest BCUT2D eigenvalue weighted by Crippen LogP contribution is -2.13. The van der Waals surface area contributed by atoms with Gasteiger partial charge in [-0.05, 0) is 11.6 Å². The fourth-order valence-electron chi connectivity index (χ4n) is 1.23. The third-order valence-electron chi connectivity index (χ3n) is 1.92. The van der Waals surface area contributed by atoms with E-state index < -0.39 is 6.09 Å². The van der Waals surface area contributed by atoms with Crippen LogP contribution >= 0.6 is 11.6 Å². The van der Waals surface area contributed by atoms with Gasteiger partial charge in [-0.25, -0.2) is 14.3 Å². The number of carbonyl (C=O) groups is 1. The predicted molar refractivity (Wildman–Crippen MR) is 61.7 cm³/mol. The summed E-state index contributed by atoms with van der Waals surface area (Å²) in [7, 11) is 0.